The van der Waals surface area contributed by atoms with E-state index >= 15 is 0 Å². The average molecular weight is 346 g/mol. The molecule has 1 unspecified atom stereocenters. The number of hydrogen-bond acceptors (Lipinski definition) is 3. The summed E-state index contributed by atoms with van der Waals surface area (Å²) in [5.41, 5.74) is 1.76. The van der Waals surface area contributed by atoms with Gasteiger partial charge in [0.1, 0.15) is 0 Å². The third-order valence-corrected chi connectivity index (χ3v) is 5.64. The van der Waals surface area contributed by atoms with E-state index in [0.29, 0.717) is 12.6 Å². The van der Waals surface area contributed by atoms with Crippen LogP contribution in [0.25, 0.3) is 0 Å². The van der Waals surface area contributed by atoms with E-state index < -0.39 is 0 Å². The van der Waals surface area contributed by atoms with Crippen molar-refractivity contribution in [3.05, 3.63) is 20.3 Å². The first-order chi connectivity index (χ1) is 9.02. The summed E-state index contributed by atoms with van der Waals surface area (Å²) in [4.78, 5) is 1.55. The fourth-order valence-electron chi connectivity index (χ4n) is 2.78. The largest absolute Gasteiger partial charge is 0.396 e. The Kier molecular flexibility index (Phi) is 5.46. The molecular weight excluding hydrogens is 322 g/mol. The van der Waals surface area contributed by atoms with Crippen molar-refractivity contribution in [1.82, 2.24) is 5.32 Å². The van der Waals surface area contributed by atoms with Crippen molar-refractivity contribution in [2.75, 3.05) is 13.2 Å². The molecule has 19 heavy (non-hydrogen) atoms. The zero-order chi connectivity index (χ0) is 13.9. The summed E-state index contributed by atoms with van der Waals surface area (Å²) in [6, 6.07) is 2.80. The highest BCUT2D eigenvalue weighted by molar-refractivity contribution is 9.11. The second-order valence-corrected chi connectivity index (χ2v) is 8.76. The van der Waals surface area contributed by atoms with E-state index in [9.17, 15) is 0 Å². The lowest BCUT2D eigenvalue weighted by molar-refractivity contribution is 0.230. The predicted octanol–water partition coefficient (Wildman–Crippen LogP) is 4.28. The van der Waals surface area contributed by atoms with Gasteiger partial charge in [0.05, 0.1) is 3.79 Å². The van der Waals surface area contributed by atoms with Crippen molar-refractivity contribution in [3.63, 3.8) is 0 Å². The van der Waals surface area contributed by atoms with Crippen LogP contribution in [0.3, 0.4) is 0 Å². The summed E-state index contributed by atoms with van der Waals surface area (Å²) >= 11 is 5.49. The number of halogens is 1. The number of aliphatic hydroxyl groups is 1. The molecule has 1 atom stereocenters. The van der Waals surface area contributed by atoms with Gasteiger partial charge in [-0.3, -0.25) is 0 Å². The quantitative estimate of drug-likeness (QED) is 0.806. The van der Waals surface area contributed by atoms with Gasteiger partial charge in [0.25, 0.3) is 0 Å². The van der Waals surface area contributed by atoms with Crippen LogP contribution in [-0.2, 0) is 6.42 Å². The molecule has 0 saturated heterocycles. The molecule has 2 N–H and O–H groups in total. The molecule has 0 fully saturated rings. The average Bonchev–Trinajstić information content (AvgIpc) is 2.74. The normalized spacial score (nSPS) is 19.5. The van der Waals surface area contributed by atoms with Crippen molar-refractivity contribution in [2.45, 2.75) is 52.0 Å². The molecule has 0 saturated carbocycles. The minimum Gasteiger partial charge on any atom is -0.396 e. The molecule has 0 radical (unpaired) electrons. The summed E-state index contributed by atoms with van der Waals surface area (Å²) in [7, 11) is 0. The molecular formula is C15H24BrNOS. The smallest absolute Gasteiger partial charge is 0.0704 e. The molecule has 2 rings (SSSR count). The van der Waals surface area contributed by atoms with Crippen LogP contribution in [0.15, 0.2) is 9.85 Å². The molecule has 0 aliphatic heterocycles. The maximum absolute atomic E-state index is 8.96. The van der Waals surface area contributed by atoms with Gasteiger partial charge >= 0.3 is 0 Å². The number of rotatable bonds is 6. The Balaban J connectivity index is 1.93. The molecule has 1 aliphatic rings. The summed E-state index contributed by atoms with van der Waals surface area (Å²) in [6.45, 7) is 5.88. The SMILES string of the molecule is CC(C)(CCCO)CNC1CCCc2sc(Br)cc21. The number of fused-ring (bicyclic) bond motifs is 1. The highest BCUT2D eigenvalue weighted by atomic mass is 79.9. The van der Waals surface area contributed by atoms with Gasteiger partial charge < -0.3 is 10.4 Å². The van der Waals surface area contributed by atoms with Crippen molar-refractivity contribution in [3.8, 4) is 0 Å². The molecule has 1 aromatic rings. The van der Waals surface area contributed by atoms with E-state index in [1.165, 1.54) is 28.6 Å². The molecule has 1 heterocycles. The lowest BCUT2D eigenvalue weighted by atomic mass is 9.86. The number of hydrogen-bond donors (Lipinski definition) is 2. The number of aryl methyl sites for hydroxylation is 1. The molecule has 1 aromatic heterocycles. The highest BCUT2D eigenvalue weighted by Gasteiger charge is 2.25. The first-order valence-corrected chi connectivity index (χ1v) is 8.75. The van der Waals surface area contributed by atoms with Crippen LogP contribution in [0.4, 0.5) is 0 Å². The van der Waals surface area contributed by atoms with Gasteiger partial charge in [-0.25, -0.2) is 0 Å². The summed E-state index contributed by atoms with van der Waals surface area (Å²) in [6.07, 6.45) is 5.73. The van der Waals surface area contributed by atoms with Crippen molar-refractivity contribution in [2.24, 2.45) is 5.41 Å². The van der Waals surface area contributed by atoms with E-state index in [1.54, 1.807) is 4.88 Å². The Bertz CT molecular complexity index is 416. The third-order valence-electron chi connectivity index (χ3n) is 3.92. The van der Waals surface area contributed by atoms with Crippen LogP contribution in [0.2, 0.25) is 0 Å². The van der Waals surface area contributed by atoms with E-state index in [0.717, 1.165) is 19.4 Å². The maximum Gasteiger partial charge on any atom is 0.0704 e. The van der Waals surface area contributed by atoms with Crippen LogP contribution >= 0.6 is 27.3 Å². The van der Waals surface area contributed by atoms with E-state index in [2.05, 4.69) is 41.2 Å². The summed E-state index contributed by atoms with van der Waals surface area (Å²) < 4.78 is 1.26. The van der Waals surface area contributed by atoms with Gasteiger partial charge in [-0.1, -0.05) is 13.8 Å². The zero-order valence-corrected chi connectivity index (χ0v) is 14.2. The van der Waals surface area contributed by atoms with Crippen LogP contribution < -0.4 is 5.32 Å². The molecule has 0 amide bonds. The number of thiophene rings is 1. The van der Waals surface area contributed by atoms with Gasteiger partial charge in [-0.15, -0.1) is 11.3 Å². The minimum absolute atomic E-state index is 0.258. The number of nitrogens with one attached hydrogen (secondary N) is 1. The third kappa shape index (κ3) is 4.28. The molecule has 0 bridgehead atoms. The van der Waals surface area contributed by atoms with Gasteiger partial charge in [-0.2, -0.15) is 0 Å². The summed E-state index contributed by atoms with van der Waals surface area (Å²) in [5, 5.41) is 12.7. The fraction of sp³-hybridized carbons (Fsp3) is 0.733. The van der Waals surface area contributed by atoms with Gasteiger partial charge in [0.2, 0.25) is 0 Å². The van der Waals surface area contributed by atoms with Crippen LogP contribution in [0, 0.1) is 5.41 Å². The minimum atomic E-state index is 0.258. The van der Waals surface area contributed by atoms with Crippen LogP contribution in [0.5, 0.6) is 0 Å². The molecule has 2 nitrogen and oxygen atoms in total. The van der Waals surface area contributed by atoms with Gasteiger partial charge in [0.15, 0.2) is 0 Å². The lowest BCUT2D eigenvalue weighted by Gasteiger charge is -2.30. The van der Waals surface area contributed by atoms with Crippen molar-refractivity contribution >= 4 is 27.3 Å². The van der Waals surface area contributed by atoms with Crippen molar-refractivity contribution < 1.29 is 5.11 Å². The monoisotopic (exact) mass is 345 g/mol. The predicted molar refractivity (Wildman–Crippen MR) is 85.8 cm³/mol. The number of aliphatic hydroxyl groups excluding tert-OH is 1. The van der Waals surface area contributed by atoms with E-state index in [-0.39, 0.29) is 5.41 Å². The molecule has 0 spiro atoms. The Morgan fingerprint density at radius 2 is 2.32 bits per heavy atom. The van der Waals surface area contributed by atoms with Gasteiger partial charge in [0, 0.05) is 24.1 Å². The lowest BCUT2D eigenvalue weighted by Crippen LogP contribution is -2.33. The first-order valence-electron chi connectivity index (χ1n) is 7.14. The first kappa shape index (κ1) is 15.5. The molecule has 0 aromatic carbocycles. The van der Waals surface area contributed by atoms with Crippen molar-refractivity contribution in [1.29, 1.82) is 0 Å². The Labute approximate surface area is 128 Å². The van der Waals surface area contributed by atoms with E-state index in [4.69, 9.17) is 5.11 Å². The van der Waals surface area contributed by atoms with Crippen LogP contribution in [0.1, 0.15) is 56.0 Å². The zero-order valence-electron chi connectivity index (χ0n) is 11.8. The Morgan fingerprint density at radius 1 is 1.53 bits per heavy atom. The maximum atomic E-state index is 8.96. The topological polar surface area (TPSA) is 32.3 Å². The highest BCUT2D eigenvalue weighted by Crippen LogP contribution is 2.38. The van der Waals surface area contributed by atoms with E-state index in [1.807, 2.05) is 11.3 Å². The van der Waals surface area contributed by atoms with Gasteiger partial charge in [-0.05, 0) is 65.1 Å². The fourth-order valence-corrected chi connectivity index (χ4v) is 4.60. The molecule has 1 aliphatic carbocycles. The second kappa shape index (κ2) is 6.70. The Morgan fingerprint density at radius 3 is 3.05 bits per heavy atom. The summed E-state index contributed by atoms with van der Waals surface area (Å²) in [5.74, 6) is 0. The Hall–Kier alpha value is 0.100. The van der Waals surface area contributed by atoms with Crippen LogP contribution in [-0.4, -0.2) is 18.3 Å². The second-order valence-electron chi connectivity index (χ2n) is 6.25. The molecule has 4 heteroatoms. The molecule has 108 valence electrons. The standard InChI is InChI=1S/C15H24BrNOS/c1-15(2,7-4-8-18)10-17-12-5-3-6-13-11(12)9-14(16)19-13/h9,12,17-18H,3-8,10H2,1-2H3.